The van der Waals surface area contributed by atoms with Crippen molar-refractivity contribution in [2.45, 2.75) is 31.1 Å². The molecule has 1 N–H and O–H groups in total. The van der Waals surface area contributed by atoms with E-state index < -0.39 is 0 Å². The van der Waals surface area contributed by atoms with Gasteiger partial charge in [0.2, 0.25) is 0 Å². The summed E-state index contributed by atoms with van der Waals surface area (Å²) in [6.45, 7) is 1.67. The Labute approximate surface area is 152 Å². The quantitative estimate of drug-likeness (QED) is 0.675. The van der Waals surface area contributed by atoms with Crippen LogP contribution in [0.15, 0.2) is 42.7 Å². The number of rotatable bonds is 4. The summed E-state index contributed by atoms with van der Waals surface area (Å²) in [5, 5.41) is 14.4. The Morgan fingerprint density at radius 1 is 1.15 bits per heavy atom. The fourth-order valence-corrected chi connectivity index (χ4v) is 3.93. The van der Waals surface area contributed by atoms with Crippen LogP contribution >= 0.6 is 0 Å². The highest BCUT2D eigenvalue weighted by Gasteiger charge is 2.37. The summed E-state index contributed by atoms with van der Waals surface area (Å²) in [6.07, 6.45) is 6.96. The van der Waals surface area contributed by atoms with E-state index in [1.165, 1.54) is 18.0 Å². The van der Waals surface area contributed by atoms with E-state index in [9.17, 15) is 10.0 Å². The van der Waals surface area contributed by atoms with Gasteiger partial charge in [0.1, 0.15) is 18.8 Å². The maximum absolute atomic E-state index is 12.5. The molecule has 0 saturated heterocycles. The number of fused-ring (bicyclic) bond motifs is 1. The van der Waals surface area contributed by atoms with Crippen molar-refractivity contribution < 1.29 is 19.0 Å². The molecule has 1 aromatic heterocycles. The van der Waals surface area contributed by atoms with E-state index in [1.807, 2.05) is 6.07 Å². The fourth-order valence-electron chi connectivity index (χ4n) is 3.93. The van der Waals surface area contributed by atoms with Crippen LogP contribution in [0, 0.1) is 5.21 Å². The molecular formula is C20H22N2O4. The van der Waals surface area contributed by atoms with Gasteiger partial charge in [-0.05, 0) is 36.6 Å². The molecule has 1 fully saturated rings. The molecule has 1 aliphatic heterocycles. The summed E-state index contributed by atoms with van der Waals surface area (Å²) in [5.74, 6) is 1.34. The Kier molecular flexibility index (Phi) is 4.41. The van der Waals surface area contributed by atoms with Gasteiger partial charge in [0.05, 0.1) is 0 Å². The largest absolute Gasteiger partial charge is 0.619 e. The van der Waals surface area contributed by atoms with E-state index in [0.29, 0.717) is 30.1 Å². The predicted molar refractivity (Wildman–Crippen MR) is 95.3 cm³/mol. The molecule has 1 aliphatic carbocycles. The van der Waals surface area contributed by atoms with E-state index in [0.717, 1.165) is 37.2 Å². The van der Waals surface area contributed by atoms with Gasteiger partial charge in [-0.1, -0.05) is 18.9 Å². The second-order valence-electron chi connectivity index (χ2n) is 6.98. The summed E-state index contributed by atoms with van der Waals surface area (Å²) in [5.41, 5.74) is 1.44. The van der Waals surface area contributed by atoms with Crippen LogP contribution < -0.4 is 19.5 Å². The normalized spacial score (nSPS) is 17.7. The van der Waals surface area contributed by atoms with Gasteiger partial charge >= 0.3 is 0 Å². The van der Waals surface area contributed by atoms with Crippen LogP contribution in [-0.4, -0.2) is 25.7 Å². The number of hydrogen-bond donors (Lipinski definition) is 1. The molecule has 1 amide bonds. The minimum absolute atomic E-state index is 0.103. The molecule has 1 aromatic carbocycles. The Morgan fingerprint density at radius 2 is 1.92 bits per heavy atom. The third kappa shape index (κ3) is 3.19. The van der Waals surface area contributed by atoms with Crippen molar-refractivity contribution in [2.75, 3.05) is 19.8 Å². The summed E-state index contributed by atoms with van der Waals surface area (Å²) in [4.78, 5) is 12.5. The van der Waals surface area contributed by atoms with Gasteiger partial charge in [-0.2, -0.15) is 4.73 Å². The lowest BCUT2D eigenvalue weighted by molar-refractivity contribution is -0.605. The number of carbonyl (C=O) groups excluding carboxylic acids is 1. The first kappa shape index (κ1) is 16.7. The molecule has 0 radical (unpaired) electrons. The van der Waals surface area contributed by atoms with Crippen LogP contribution in [0.25, 0.3) is 0 Å². The Balaban J connectivity index is 1.54. The monoisotopic (exact) mass is 354 g/mol. The highest BCUT2D eigenvalue weighted by Crippen LogP contribution is 2.43. The fraction of sp³-hybridized carbons (Fsp3) is 0.400. The minimum atomic E-state index is -0.223. The van der Waals surface area contributed by atoms with E-state index in [4.69, 9.17) is 9.47 Å². The van der Waals surface area contributed by atoms with Crippen molar-refractivity contribution in [1.29, 1.82) is 0 Å². The molecule has 0 atom stereocenters. The third-order valence-corrected chi connectivity index (χ3v) is 5.34. The second kappa shape index (κ2) is 6.86. The summed E-state index contributed by atoms with van der Waals surface area (Å²) in [7, 11) is 0. The zero-order chi connectivity index (χ0) is 18.0. The second-order valence-corrected chi connectivity index (χ2v) is 6.98. The number of amides is 1. The first-order valence-electron chi connectivity index (χ1n) is 9.03. The number of ether oxygens (including phenoxy) is 2. The molecule has 0 unspecified atom stereocenters. The summed E-state index contributed by atoms with van der Waals surface area (Å²) < 4.78 is 12.0. The first-order valence-corrected chi connectivity index (χ1v) is 9.03. The zero-order valence-corrected chi connectivity index (χ0v) is 14.6. The van der Waals surface area contributed by atoms with Crippen molar-refractivity contribution in [3.8, 4) is 11.5 Å². The maximum atomic E-state index is 12.5. The maximum Gasteiger partial charge on any atom is 0.257 e. The summed E-state index contributed by atoms with van der Waals surface area (Å²) in [6, 6.07) is 9.33. The van der Waals surface area contributed by atoms with Gasteiger partial charge in [0.15, 0.2) is 23.9 Å². The van der Waals surface area contributed by atoms with Crippen molar-refractivity contribution in [3.63, 3.8) is 0 Å². The van der Waals surface area contributed by atoms with Crippen molar-refractivity contribution >= 4 is 5.91 Å². The van der Waals surface area contributed by atoms with Crippen molar-refractivity contribution in [2.24, 2.45) is 0 Å². The van der Waals surface area contributed by atoms with Gasteiger partial charge < -0.3 is 20.0 Å². The molecule has 1 saturated carbocycles. The molecule has 2 heterocycles. The van der Waals surface area contributed by atoms with Crippen molar-refractivity contribution in [3.05, 3.63) is 59.1 Å². The van der Waals surface area contributed by atoms with Gasteiger partial charge in [0, 0.05) is 18.0 Å². The molecule has 4 rings (SSSR count). The number of pyridine rings is 1. The highest BCUT2D eigenvalue weighted by atomic mass is 16.6. The third-order valence-electron chi connectivity index (χ3n) is 5.34. The van der Waals surface area contributed by atoms with E-state index >= 15 is 0 Å². The number of hydrogen-bond acceptors (Lipinski definition) is 4. The zero-order valence-electron chi connectivity index (χ0n) is 14.6. The molecule has 2 aliphatic rings. The van der Waals surface area contributed by atoms with Crippen LogP contribution in [0.1, 0.15) is 41.6 Å². The average molecular weight is 354 g/mol. The molecule has 0 spiro atoms. The lowest BCUT2D eigenvalue weighted by Gasteiger charge is -2.31. The van der Waals surface area contributed by atoms with Crippen molar-refractivity contribution in [1.82, 2.24) is 5.32 Å². The molecule has 26 heavy (non-hydrogen) atoms. The lowest BCUT2D eigenvalue weighted by Crippen LogP contribution is -2.40. The number of carbonyl (C=O) groups is 1. The highest BCUT2D eigenvalue weighted by molar-refractivity contribution is 5.93. The Bertz CT molecular complexity index is 815. The topological polar surface area (TPSA) is 74.5 Å². The SMILES string of the molecule is O=C(NCC1(c2ccc3c(c2)OCCO3)CCCC1)c1ccc[n+]([O-])c1. The predicted octanol–water partition coefficient (Wildman–Crippen LogP) is 2.33. The van der Waals surface area contributed by atoms with Gasteiger partial charge in [-0.15, -0.1) is 0 Å². The number of benzene rings is 1. The lowest BCUT2D eigenvalue weighted by atomic mass is 9.78. The van der Waals surface area contributed by atoms with Crippen LogP contribution in [0.2, 0.25) is 0 Å². The smallest absolute Gasteiger partial charge is 0.257 e. The molecule has 0 bridgehead atoms. The summed E-state index contributed by atoms with van der Waals surface area (Å²) >= 11 is 0. The first-order chi connectivity index (χ1) is 12.7. The Morgan fingerprint density at radius 3 is 2.69 bits per heavy atom. The number of nitrogens with zero attached hydrogens (tertiary/aromatic N) is 1. The van der Waals surface area contributed by atoms with E-state index in [-0.39, 0.29) is 11.3 Å². The number of aromatic nitrogens is 1. The van der Waals surface area contributed by atoms with E-state index in [2.05, 4.69) is 17.4 Å². The standard InChI is InChI=1S/C20H22N2O4/c23-19(15-4-3-9-22(24)13-15)21-14-20(7-1-2-8-20)16-5-6-17-18(12-16)26-11-10-25-17/h3-6,9,12-13H,1-2,7-8,10-11,14H2,(H,21,23). The van der Waals surface area contributed by atoms with Gasteiger partial charge in [0.25, 0.3) is 5.91 Å². The molecule has 6 nitrogen and oxygen atoms in total. The van der Waals surface area contributed by atoms with Gasteiger partial charge in [-0.25, -0.2) is 0 Å². The van der Waals surface area contributed by atoms with Gasteiger partial charge in [-0.3, -0.25) is 4.79 Å². The van der Waals surface area contributed by atoms with Crippen LogP contribution in [0.5, 0.6) is 11.5 Å². The number of nitrogens with one attached hydrogen (secondary N) is 1. The molecule has 6 heteroatoms. The average Bonchev–Trinajstić information content (AvgIpc) is 3.16. The molecule has 2 aromatic rings. The molecule has 136 valence electrons. The minimum Gasteiger partial charge on any atom is -0.619 e. The molecular weight excluding hydrogens is 332 g/mol. The Hall–Kier alpha value is -2.76. The van der Waals surface area contributed by atoms with E-state index in [1.54, 1.807) is 12.1 Å². The van der Waals surface area contributed by atoms with Crippen LogP contribution in [0.4, 0.5) is 0 Å². The van der Waals surface area contributed by atoms with Crippen LogP contribution in [0.3, 0.4) is 0 Å². The van der Waals surface area contributed by atoms with Crippen LogP contribution in [-0.2, 0) is 5.41 Å².